The van der Waals surface area contributed by atoms with Gasteiger partial charge in [0.15, 0.2) is 0 Å². The molecule has 1 aliphatic rings. The van der Waals surface area contributed by atoms with Gasteiger partial charge < -0.3 is 15.0 Å². The Balaban J connectivity index is 2.09. The Morgan fingerprint density at radius 2 is 2.18 bits per heavy atom. The Morgan fingerprint density at radius 1 is 1.32 bits per heavy atom. The number of ether oxygens (including phenoxy) is 1. The zero-order chi connectivity index (χ0) is 15.8. The normalized spacial score (nSPS) is 17.0. The third-order valence-corrected chi connectivity index (χ3v) is 3.42. The summed E-state index contributed by atoms with van der Waals surface area (Å²) in [5, 5.41) is 11.7. The molecule has 6 heteroatoms. The number of hydrogen-bond donors (Lipinski definition) is 1. The molecule has 22 heavy (non-hydrogen) atoms. The third-order valence-electron chi connectivity index (χ3n) is 3.42. The molecule has 6 nitrogen and oxygen atoms in total. The minimum absolute atomic E-state index is 0.0888. The van der Waals surface area contributed by atoms with E-state index in [0.29, 0.717) is 44.0 Å². The first-order chi connectivity index (χ1) is 10.7. The molecule has 1 N–H and O–H groups in total. The molecule has 1 aromatic carbocycles. The van der Waals surface area contributed by atoms with E-state index >= 15 is 0 Å². The van der Waals surface area contributed by atoms with Crippen molar-refractivity contribution in [3.05, 3.63) is 35.4 Å². The molecule has 1 aliphatic heterocycles. The smallest absolute Gasteiger partial charge is 0.253 e. The average molecular weight is 301 g/mol. The van der Waals surface area contributed by atoms with Gasteiger partial charge in [0.1, 0.15) is 0 Å². The number of nitriles is 1. The molecular formula is C16H19N3O3. The highest BCUT2D eigenvalue weighted by Gasteiger charge is 2.17. The SMILES string of the molecule is N#Cc1cccc(C(=O)N2CCCOCCNC(=O)CC2)c1. The summed E-state index contributed by atoms with van der Waals surface area (Å²) in [6.45, 7) is 2.43. The zero-order valence-corrected chi connectivity index (χ0v) is 12.4. The minimum Gasteiger partial charge on any atom is -0.380 e. The van der Waals surface area contributed by atoms with Gasteiger partial charge in [0.2, 0.25) is 5.91 Å². The Hall–Kier alpha value is -2.39. The summed E-state index contributed by atoms with van der Waals surface area (Å²) >= 11 is 0. The lowest BCUT2D eigenvalue weighted by atomic mass is 10.1. The van der Waals surface area contributed by atoms with Crippen molar-refractivity contribution in [2.24, 2.45) is 0 Å². The van der Waals surface area contributed by atoms with Crippen LogP contribution in [-0.4, -0.2) is 49.6 Å². The average Bonchev–Trinajstić information content (AvgIpc) is 2.60. The predicted molar refractivity (Wildman–Crippen MR) is 80.1 cm³/mol. The van der Waals surface area contributed by atoms with E-state index in [2.05, 4.69) is 5.32 Å². The Bertz CT molecular complexity index is 580. The van der Waals surface area contributed by atoms with Crippen LogP contribution in [0.5, 0.6) is 0 Å². The van der Waals surface area contributed by atoms with Gasteiger partial charge in [-0.2, -0.15) is 5.26 Å². The summed E-state index contributed by atoms with van der Waals surface area (Å²) in [7, 11) is 0. The third kappa shape index (κ3) is 4.57. The lowest BCUT2D eigenvalue weighted by Gasteiger charge is -2.22. The van der Waals surface area contributed by atoms with E-state index in [0.717, 1.165) is 6.42 Å². The molecule has 0 unspecified atom stereocenters. The second-order valence-corrected chi connectivity index (χ2v) is 5.05. The molecular weight excluding hydrogens is 282 g/mol. The van der Waals surface area contributed by atoms with Gasteiger partial charge in [-0.05, 0) is 24.6 Å². The van der Waals surface area contributed by atoms with E-state index in [4.69, 9.17) is 10.00 Å². The lowest BCUT2D eigenvalue weighted by Crippen LogP contribution is -2.36. The number of benzene rings is 1. The first-order valence-corrected chi connectivity index (χ1v) is 7.34. The predicted octanol–water partition coefficient (Wildman–Crippen LogP) is 0.927. The van der Waals surface area contributed by atoms with Crippen molar-refractivity contribution < 1.29 is 14.3 Å². The highest BCUT2D eigenvalue weighted by atomic mass is 16.5. The standard InChI is InChI=1S/C16H19N3O3/c17-12-13-3-1-4-14(11-13)16(21)19-7-2-9-22-10-6-18-15(20)5-8-19/h1,3-4,11H,2,5-10H2,(H,18,20). The number of nitrogens with zero attached hydrogens (tertiary/aromatic N) is 2. The quantitative estimate of drug-likeness (QED) is 0.836. The van der Waals surface area contributed by atoms with Crippen molar-refractivity contribution in [1.82, 2.24) is 10.2 Å². The number of carbonyl (C=O) groups is 2. The first-order valence-electron chi connectivity index (χ1n) is 7.34. The summed E-state index contributed by atoms with van der Waals surface area (Å²) < 4.78 is 5.39. The van der Waals surface area contributed by atoms with Crippen LogP contribution in [0.15, 0.2) is 24.3 Å². The van der Waals surface area contributed by atoms with E-state index in [-0.39, 0.29) is 18.2 Å². The largest absolute Gasteiger partial charge is 0.380 e. The molecule has 0 saturated carbocycles. The zero-order valence-electron chi connectivity index (χ0n) is 12.4. The fourth-order valence-corrected chi connectivity index (χ4v) is 2.27. The van der Waals surface area contributed by atoms with Crippen LogP contribution in [0.3, 0.4) is 0 Å². The molecule has 0 radical (unpaired) electrons. The maximum absolute atomic E-state index is 12.6. The van der Waals surface area contributed by atoms with Gasteiger partial charge in [0.05, 0.1) is 18.2 Å². The number of rotatable bonds is 1. The van der Waals surface area contributed by atoms with Crippen LogP contribution >= 0.6 is 0 Å². The molecule has 0 aliphatic carbocycles. The van der Waals surface area contributed by atoms with Crippen molar-refractivity contribution in [3.8, 4) is 6.07 Å². The Morgan fingerprint density at radius 3 is 3.00 bits per heavy atom. The van der Waals surface area contributed by atoms with E-state index in [1.54, 1.807) is 29.2 Å². The highest BCUT2D eigenvalue weighted by molar-refractivity contribution is 5.94. The van der Waals surface area contributed by atoms with Crippen molar-refractivity contribution in [2.45, 2.75) is 12.8 Å². The maximum Gasteiger partial charge on any atom is 0.253 e. The molecule has 116 valence electrons. The van der Waals surface area contributed by atoms with Gasteiger partial charge in [0, 0.05) is 38.2 Å². The molecule has 0 atom stereocenters. The van der Waals surface area contributed by atoms with E-state index in [1.165, 1.54) is 0 Å². The minimum atomic E-state index is -0.163. The van der Waals surface area contributed by atoms with Crippen LogP contribution in [0.25, 0.3) is 0 Å². The molecule has 0 bridgehead atoms. The number of amides is 2. The van der Waals surface area contributed by atoms with Crippen molar-refractivity contribution in [1.29, 1.82) is 5.26 Å². The fourth-order valence-electron chi connectivity index (χ4n) is 2.27. The Kier molecular flexibility index (Phi) is 5.92. The van der Waals surface area contributed by atoms with Gasteiger partial charge >= 0.3 is 0 Å². The number of carbonyl (C=O) groups excluding carboxylic acids is 2. The monoisotopic (exact) mass is 301 g/mol. The van der Waals surface area contributed by atoms with Gasteiger partial charge in [-0.25, -0.2) is 0 Å². The number of nitrogens with one attached hydrogen (secondary N) is 1. The summed E-state index contributed by atoms with van der Waals surface area (Å²) in [6, 6.07) is 8.63. The van der Waals surface area contributed by atoms with Gasteiger partial charge in [0.25, 0.3) is 5.91 Å². The summed E-state index contributed by atoms with van der Waals surface area (Å²) in [5.74, 6) is -0.252. The Labute approximate surface area is 129 Å². The van der Waals surface area contributed by atoms with Crippen molar-refractivity contribution in [2.75, 3.05) is 32.8 Å². The first kappa shape index (κ1) is 16.0. The van der Waals surface area contributed by atoms with E-state index < -0.39 is 0 Å². The molecule has 2 amide bonds. The van der Waals surface area contributed by atoms with Crippen LogP contribution in [-0.2, 0) is 9.53 Å². The van der Waals surface area contributed by atoms with Crippen molar-refractivity contribution >= 4 is 11.8 Å². The van der Waals surface area contributed by atoms with Crippen LogP contribution in [0.4, 0.5) is 0 Å². The second kappa shape index (κ2) is 8.15. The summed E-state index contributed by atoms with van der Waals surface area (Å²) in [6.07, 6.45) is 0.988. The summed E-state index contributed by atoms with van der Waals surface area (Å²) in [5.41, 5.74) is 0.917. The molecule has 2 rings (SSSR count). The van der Waals surface area contributed by atoms with Gasteiger partial charge in [-0.15, -0.1) is 0 Å². The van der Waals surface area contributed by atoms with E-state index in [1.807, 2.05) is 6.07 Å². The van der Waals surface area contributed by atoms with Crippen molar-refractivity contribution in [3.63, 3.8) is 0 Å². The number of hydrogen-bond acceptors (Lipinski definition) is 4. The topological polar surface area (TPSA) is 82.4 Å². The molecule has 0 aromatic heterocycles. The molecule has 1 heterocycles. The second-order valence-electron chi connectivity index (χ2n) is 5.05. The lowest BCUT2D eigenvalue weighted by molar-refractivity contribution is -0.121. The highest BCUT2D eigenvalue weighted by Crippen LogP contribution is 2.09. The molecule has 0 spiro atoms. The van der Waals surface area contributed by atoms with Crippen LogP contribution in [0.2, 0.25) is 0 Å². The maximum atomic E-state index is 12.6. The fraction of sp³-hybridized carbons (Fsp3) is 0.438. The van der Waals surface area contributed by atoms with Crippen LogP contribution in [0, 0.1) is 11.3 Å². The molecule has 1 aromatic rings. The molecule has 1 saturated heterocycles. The summed E-state index contributed by atoms with van der Waals surface area (Å²) in [4.78, 5) is 25.9. The van der Waals surface area contributed by atoms with Crippen LogP contribution < -0.4 is 5.32 Å². The van der Waals surface area contributed by atoms with Gasteiger partial charge in [-0.3, -0.25) is 9.59 Å². The van der Waals surface area contributed by atoms with E-state index in [9.17, 15) is 9.59 Å². The van der Waals surface area contributed by atoms with Gasteiger partial charge in [-0.1, -0.05) is 6.07 Å². The molecule has 1 fully saturated rings. The van der Waals surface area contributed by atoms with Crippen LogP contribution in [0.1, 0.15) is 28.8 Å².